The standard InChI is InChI=1S/C24H28N4O/c1-4-27(17-20-11-7-5-8-12-20)23(29)22-15-25-24(26-16-22)28(19(2)3)18-21-13-9-6-10-14-21/h5-16,19H,4,17-18H2,1-3H3. The van der Waals surface area contributed by atoms with Gasteiger partial charge in [0.2, 0.25) is 5.95 Å². The number of nitrogens with zero attached hydrogens (tertiary/aromatic N) is 4. The average molecular weight is 389 g/mol. The monoisotopic (exact) mass is 388 g/mol. The summed E-state index contributed by atoms with van der Waals surface area (Å²) in [5.74, 6) is 0.577. The van der Waals surface area contributed by atoms with Crippen molar-refractivity contribution in [3.05, 3.63) is 89.7 Å². The van der Waals surface area contributed by atoms with E-state index in [9.17, 15) is 4.79 Å². The lowest BCUT2D eigenvalue weighted by Gasteiger charge is -2.27. The molecule has 2 aromatic carbocycles. The zero-order valence-electron chi connectivity index (χ0n) is 17.3. The molecule has 150 valence electrons. The van der Waals surface area contributed by atoms with Crippen molar-refractivity contribution in [2.24, 2.45) is 0 Å². The van der Waals surface area contributed by atoms with Gasteiger partial charge in [-0.05, 0) is 31.9 Å². The molecule has 1 aromatic heterocycles. The van der Waals surface area contributed by atoms with Gasteiger partial charge in [-0.1, -0.05) is 60.7 Å². The normalized spacial score (nSPS) is 10.8. The predicted octanol–water partition coefficient (Wildman–Crippen LogP) is 4.55. The van der Waals surface area contributed by atoms with E-state index >= 15 is 0 Å². The van der Waals surface area contributed by atoms with Crippen molar-refractivity contribution in [1.82, 2.24) is 14.9 Å². The molecule has 0 aliphatic carbocycles. The number of amides is 1. The molecule has 0 saturated carbocycles. The summed E-state index contributed by atoms with van der Waals surface area (Å²) < 4.78 is 0. The lowest BCUT2D eigenvalue weighted by Crippen LogP contribution is -2.33. The molecule has 1 heterocycles. The molecule has 0 fully saturated rings. The highest BCUT2D eigenvalue weighted by Gasteiger charge is 2.18. The number of carbonyl (C=O) groups excluding carboxylic acids is 1. The Kier molecular flexibility index (Phi) is 6.95. The van der Waals surface area contributed by atoms with Crippen LogP contribution in [0.5, 0.6) is 0 Å². The summed E-state index contributed by atoms with van der Waals surface area (Å²) in [6.07, 6.45) is 3.28. The van der Waals surface area contributed by atoms with Crippen molar-refractivity contribution in [1.29, 1.82) is 0 Å². The fourth-order valence-electron chi connectivity index (χ4n) is 3.16. The quantitative estimate of drug-likeness (QED) is 0.568. The van der Waals surface area contributed by atoms with E-state index in [-0.39, 0.29) is 11.9 Å². The summed E-state index contributed by atoms with van der Waals surface area (Å²) in [4.78, 5) is 25.9. The molecular formula is C24H28N4O. The van der Waals surface area contributed by atoms with E-state index in [4.69, 9.17) is 0 Å². The summed E-state index contributed by atoms with van der Waals surface area (Å²) in [5.41, 5.74) is 2.81. The second-order valence-electron chi connectivity index (χ2n) is 7.28. The summed E-state index contributed by atoms with van der Waals surface area (Å²) in [7, 11) is 0. The average Bonchev–Trinajstić information content (AvgIpc) is 2.77. The van der Waals surface area contributed by atoms with Crippen LogP contribution in [0.25, 0.3) is 0 Å². The Hall–Kier alpha value is -3.21. The molecule has 0 radical (unpaired) electrons. The third-order valence-corrected chi connectivity index (χ3v) is 4.85. The Morgan fingerprint density at radius 1 is 0.862 bits per heavy atom. The minimum absolute atomic E-state index is 0.0536. The van der Waals surface area contributed by atoms with Gasteiger partial charge < -0.3 is 9.80 Å². The van der Waals surface area contributed by atoms with Crippen molar-refractivity contribution in [3.8, 4) is 0 Å². The van der Waals surface area contributed by atoms with Crippen LogP contribution in [0.4, 0.5) is 5.95 Å². The number of hydrogen-bond donors (Lipinski definition) is 0. The Bertz CT molecular complexity index is 895. The van der Waals surface area contributed by atoms with E-state index < -0.39 is 0 Å². The zero-order chi connectivity index (χ0) is 20.6. The van der Waals surface area contributed by atoms with Gasteiger partial charge in [0.25, 0.3) is 5.91 Å². The van der Waals surface area contributed by atoms with Crippen LogP contribution in [-0.4, -0.2) is 33.4 Å². The van der Waals surface area contributed by atoms with Crippen molar-refractivity contribution in [2.45, 2.75) is 39.9 Å². The Morgan fingerprint density at radius 2 is 1.38 bits per heavy atom. The van der Waals surface area contributed by atoms with Crippen LogP contribution in [-0.2, 0) is 13.1 Å². The number of rotatable bonds is 8. The van der Waals surface area contributed by atoms with Crippen LogP contribution in [0.15, 0.2) is 73.1 Å². The summed E-state index contributed by atoms with van der Waals surface area (Å²) in [6.45, 7) is 8.14. The topological polar surface area (TPSA) is 49.3 Å². The van der Waals surface area contributed by atoms with Gasteiger partial charge in [0.15, 0.2) is 0 Å². The predicted molar refractivity (Wildman–Crippen MR) is 117 cm³/mol. The molecule has 29 heavy (non-hydrogen) atoms. The van der Waals surface area contributed by atoms with Crippen LogP contribution >= 0.6 is 0 Å². The molecule has 3 rings (SSSR count). The molecule has 3 aromatic rings. The van der Waals surface area contributed by atoms with E-state index in [0.717, 1.165) is 12.1 Å². The van der Waals surface area contributed by atoms with E-state index in [1.54, 1.807) is 17.3 Å². The van der Waals surface area contributed by atoms with Gasteiger partial charge >= 0.3 is 0 Å². The van der Waals surface area contributed by atoms with Crippen LogP contribution in [0.3, 0.4) is 0 Å². The highest BCUT2D eigenvalue weighted by molar-refractivity contribution is 5.93. The maximum atomic E-state index is 12.9. The third kappa shape index (κ3) is 5.41. The van der Waals surface area contributed by atoms with E-state index in [0.29, 0.717) is 24.6 Å². The molecule has 0 N–H and O–H groups in total. The first-order chi connectivity index (χ1) is 14.1. The van der Waals surface area contributed by atoms with Gasteiger partial charge in [0.05, 0.1) is 5.56 Å². The SMILES string of the molecule is CCN(Cc1ccccc1)C(=O)c1cnc(N(Cc2ccccc2)C(C)C)nc1. The minimum Gasteiger partial charge on any atom is -0.335 e. The first-order valence-electron chi connectivity index (χ1n) is 10.0. The maximum Gasteiger partial charge on any atom is 0.257 e. The third-order valence-electron chi connectivity index (χ3n) is 4.85. The highest BCUT2D eigenvalue weighted by Crippen LogP contribution is 2.16. The summed E-state index contributed by atoms with van der Waals surface area (Å²) >= 11 is 0. The van der Waals surface area contributed by atoms with Crippen LogP contribution in [0.2, 0.25) is 0 Å². The fraction of sp³-hybridized carbons (Fsp3) is 0.292. The zero-order valence-corrected chi connectivity index (χ0v) is 17.3. The van der Waals surface area contributed by atoms with Crippen LogP contribution < -0.4 is 4.90 Å². The highest BCUT2D eigenvalue weighted by atomic mass is 16.2. The summed E-state index contributed by atoms with van der Waals surface area (Å²) in [5, 5.41) is 0. The second-order valence-corrected chi connectivity index (χ2v) is 7.28. The lowest BCUT2D eigenvalue weighted by atomic mass is 10.2. The largest absolute Gasteiger partial charge is 0.335 e. The molecule has 0 spiro atoms. The number of hydrogen-bond acceptors (Lipinski definition) is 4. The van der Waals surface area contributed by atoms with Crippen molar-refractivity contribution < 1.29 is 4.79 Å². The van der Waals surface area contributed by atoms with Gasteiger partial charge in [-0.2, -0.15) is 0 Å². The molecule has 5 nitrogen and oxygen atoms in total. The van der Waals surface area contributed by atoms with Gasteiger partial charge in [0.1, 0.15) is 0 Å². The Morgan fingerprint density at radius 3 is 1.86 bits per heavy atom. The molecule has 0 bridgehead atoms. The molecule has 0 unspecified atom stereocenters. The molecule has 0 aliphatic rings. The first kappa shape index (κ1) is 20.5. The molecule has 0 saturated heterocycles. The lowest BCUT2D eigenvalue weighted by molar-refractivity contribution is 0.0751. The first-order valence-corrected chi connectivity index (χ1v) is 10.0. The van der Waals surface area contributed by atoms with Crippen molar-refractivity contribution in [3.63, 3.8) is 0 Å². The smallest absolute Gasteiger partial charge is 0.257 e. The summed E-state index contributed by atoms with van der Waals surface area (Å²) in [6, 6.07) is 20.5. The van der Waals surface area contributed by atoms with Crippen molar-refractivity contribution >= 4 is 11.9 Å². The molecular weight excluding hydrogens is 360 g/mol. The molecule has 1 amide bonds. The molecule has 0 aliphatic heterocycles. The van der Waals surface area contributed by atoms with Crippen LogP contribution in [0.1, 0.15) is 42.3 Å². The van der Waals surface area contributed by atoms with Gasteiger partial charge in [-0.3, -0.25) is 4.79 Å². The van der Waals surface area contributed by atoms with E-state index in [1.807, 2.05) is 55.5 Å². The minimum atomic E-state index is -0.0536. The van der Waals surface area contributed by atoms with Gasteiger partial charge in [-0.25, -0.2) is 9.97 Å². The van der Waals surface area contributed by atoms with Crippen LogP contribution in [0, 0.1) is 0 Å². The van der Waals surface area contributed by atoms with E-state index in [2.05, 4.69) is 40.8 Å². The van der Waals surface area contributed by atoms with Gasteiger partial charge in [0, 0.05) is 38.1 Å². The van der Waals surface area contributed by atoms with E-state index in [1.165, 1.54) is 5.56 Å². The molecule has 0 atom stereocenters. The number of anilines is 1. The molecule has 5 heteroatoms. The number of benzene rings is 2. The second kappa shape index (κ2) is 9.82. The maximum absolute atomic E-state index is 12.9. The fourth-order valence-corrected chi connectivity index (χ4v) is 3.16. The Labute approximate surface area is 173 Å². The number of carbonyl (C=O) groups is 1. The Balaban J connectivity index is 1.74. The van der Waals surface area contributed by atoms with Gasteiger partial charge in [-0.15, -0.1) is 0 Å². The van der Waals surface area contributed by atoms with Crippen molar-refractivity contribution in [2.75, 3.05) is 11.4 Å². The number of aromatic nitrogens is 2.